The molecule has 3 atom stereocenters. The summed E-state index contributed by atoms with van der Waals surface area (Å²) in [4.78, 5) is 12.2. The lowest BCUT2D eigenvalue weighted by molar-refractivity contribution is -0.117. The molecule has 2 bridgehead atoms. The molecular weight excluding hydrogens is 234 g/mol. The minimum absolute atomic E-state index is 0.197. The summed E-state index contributed by atoms with van der Waals surface area (Å²) in [5.41, 5.74) is 3.36. The monoisotopic (exact) mass is 257 g/mol. The van der Waals surface area contributed by atoms with Crippen LogP contribution in [0.4, 0.5) is 5.69 Å². The van der Waals surface area contributed by atoms with Crippen LogP contribution < -0.4 is 5.32 Å². The van der Waals surface area contributed by atoms with Crippen molar-refractivity contribution in [2.75, 3.05) is 5.32 Å². The lowest BCUT2D eigenvalue weighted by atomic mass is 9.86. The van der Waals surface area contributed by atoms with Crippen molar-refractivity contribution in [2.45, 2.75) is 46.0 Å². The van der Waals surface area contributed by atoms with Gasteiger partial charge in [-0.05, 0) is 74.1 Å². The molecular formula is C17H23NO. The van der Waals surface area contributed by atoms with Crippen molar-refractivity contribution in [3.8, 4) is 0 Å². The number of carbonyl (C=O) groups is 1. The Bertz CT molecular complexity index is 474. The van der Waals surface area contributed by atoms with Crippen molar-refractivity contribution in [3.05, 3.63) is 29.3 Å². The molecule has 0 radical (unpaired) electrons. The van der Waals surface area contributed by atoms with Gasteiger partial charge in [0.2, 0.25) is 5.91 Å². The van der Waals surface area contributed by atoms with Crippen molar-refractivity contribution >= 4 is 11.6 Å². The quantitative estimate of drug-likeness (QED) is 0.869. The van der Waals surface area contributed by atoms with Gasteiger partial charge in [-0.2, -0.15) is 0 Å². The zero-order chi connectivity index (χ0) is 13.4. The lowest BCUT2D eigenvalue weighted by Crippen LogP contribution is -2.20. The van der Waals surface area contributed by atoms with Crippen LogP contribution in [0.15, 0.2) is 18.2 Å². The van der Waals surface area contributed by atoms with Crippen molar-refractivity contribution in [2.24, 2.45) is 17.8 Å². The van der Waals surface area contributed by atoms with Gasteiger partial charge in [0.15, 0.2) is 0 Å². The predicted octanol–water partition coefficient (Wildman–Crippen LogP) is 4.07. The Balaban J connectivity index is 1.59. The summed E-state index contributed by atoms with van der Waals surface area (Å²) in [7, 11) is 0. The number of amides is 1. The van der Waals surface area contributed by atoms with Gasteiger partial charge in [-0.15, -0.1) is 0 Å². The van der Waals surface area contributed by atoms with E-state index in [1.165, 1.54) is 36.8 Å². The van der Waals surface area contributed by atoms with Crippen molar-refractivity contribution in [3.63, 3.8) is 0 Å². The van der Waals surface area contributed by atoms with Crippen LogP contribution in [0.25, 0.3) is 0 Å². The molecule has 1 amide bonds. The third-order valence-electron chi connectivity index (χ3n) is 4.84. The topological polar surface area (TPSA) is 29.1 Å². The number of aryl methyl sites for hydroxylation is 2. The third kappa shape index (κ3) is 2.83. The van der Waals surface area contributed by atoms with Crippen LogP contribution in [0.3, 0.4) is 0 Å². The van der Waals surface area contributed by atoms with Crippen LogP contribution in [0.5, 0.6) is 0 Å². The summed E-state index contributed by atoms with van der Waals surface area (Å²) in [6, 6.07) is 6.23. The average Bonchev–Trinajstić information content (AvgIpc) is 2.88. The summed E-state index contributed by atoms with van der Waals surface area (Å²) >= 11 is 0. The first kappa shape index (κ1) is 12.7. The first-order valence-corrected chi connectivity index (χ1v) is 7.48. The van der Waals surface area contributed by atoms with Gasteiger partial charge in [0, 0.05) is 12.1 Å². The highest BCUT2D eigenvalue weighted by atomic mass is 16.1. The highest BCUT2D eigenvalue weighted by Crippen LogP contribution is 2.49. The molecule has 2 heteroatoms. The summed E-state index contributed by atoms with van der Waals surface area (Å²) in [6.45, 7) is 4.14. The third-order valence-corrected chi connectivity index (χ3v) is 4.84. The summed E-state index contributed by atoms with van der Waals surface area (Å²) in [5, 5.41) is 3.07. The molecule has 1 aromatic carbocycles. The molecule has 2 aliphatic rings. The molecule has 0 aromatic heterocycles. The predicted molar refractivity (Wildman–Crippen MR) is 78.1 cm³/mol. The van der Waals surface area contributed by atoms with Crippen molar-refractivity contribution in [1.29, 1.82) is 0 Å². The minimum Gasteiger partial charge on any atom is -0.326 e. The smallest absolute Gasteiger partial charge is 0.224 e. The molecule has 102 valence electrons. The molecule has 1 aromatic rings. The molecule has 2 saturated carbocycles. The van der Waals surface area contributed by atoms with E-state index >= 15 is 0 Å². The zero-order valence-electron chi connectivity index (χ0n) is 11.9. The van der Waals surface area contributed by atoms with Crippen LogP contribution in [0, 0.1) is 31.6 Å². The number of hydrogen-bond acceptors (Lipinski definition) is 1. The van der Waals surface area contributed by atoms with E-state index < -0.39 is 0 Å². The molecule has 0 heterocycles. The van der Waals surface area contributed by atoms with Gasteiger partial charge < -0.3 is 5.32 Å². The fraction of sp³-hybridized carbons (Fsp3) is 0.588. The summed E-state index contributed by atoms with van der Waals surface area (Å²) in [6.07, 6.45) is 6.13. The Labute approximate surface area is 115 Å². The van der Waals surface area contributed by atoms with Crippen LogP contribution in [0.1, 0.15) is 43.2 Å². The maximum Gasteiger partial charge on any atom is 0.224 e. The molecule has 0 saturated heterocycles. The Morgan fingerprint density at radius 2 is 1.89 bits per heavy atom. The molecule has 19 heavy (non-hydrogen) atoms. The number of benzene rings is 1. The van der Waals surface area contributed by atoms with Gasteiger partial charge in [0.05, 0.1) is 0 Å². The van der Waals surface area contributed by atoms with Gasteiger partial charge in [-0.25, -0.2) is 0 Å². The highest BCUT2D eigenvalue weighted by Gasteiger charge is 2.40. The second-order valence-electron chi connectivity index (χ2n) is 6.56. The maximum atomic E-state index is 12.2. The summed E-state index contributed by atoms with van der Waals surface area (Å²) in [5.74, 6) is 2.59. The lowest BCUT2D eigenvalue weighted by Gasteiger charge is -2.21. The second kappa shape index (κ2) is 4.99. The number of hydrogen-bond donors (Lipinski definition) is 1. The van der Waals surface area contributed by atoms with E-state index in [2.05, 4.69) is 25.2 Å². The Hall–Kier alpha value is -1.31. The molecule has 0 unspecified atom stereocenters. The Morgan fingerprint density at radius 1 is 1.16 bits per heavy atom. The first-order chi connectivity index (χ1) is 9.10. The Kier molecular flexibility index (Phi) is 3.34. The largest absolute Gasteiger partial charge is 0.326 e. The van der Waals surface area contributed by atoms with Gasteiger partial charge >= 0.3 is 0 Å². The van der Waals surface area contributed by atoms with Gasteiger partial charge in [-0.3, -0.25) is 4.79 Å². The number of fused-ring (bicyclic) bond motifs is 2. The molecule has 3 rings (SSSR count). The standard InChI is InChI=1S/C17H23NO/c1-11-5-12(2)7-16(6-11)18-17(19)10-15-9-13-3-4-14(15)8-13/h5-7,13-15H,3-4,8-10H2,1-2H3,(H,18,19)/t13-,14-,15+/m0/s1. The van der Waals surface area contributed by atoms with E-state index in [0.29, 0.717) is 12.3 Å². The van der Waals surface area contributed by atoms with Crippen LogP contribution >= 0.6 is 0 Å². The molecule has 0 aliphatic heterocycles. The van der Waals surface area contributed by atoms with Gasteiger partial charge in [0.1, 0.15) is 0 Å². The number of anilines is 1. The van der Waals surface area contributed by atoms with Gasteiger partial charge in [-0.1, -0.05) is 12.5 Å². The number of carbonyl (C=O) groups excluding carboxylic acids is 1. The SMILES string of the molecule is Cc1cc(C)cc(NC(=O)C[C@H]2C[C@H]3CC[C@H]2C3)c1. The minimum atomic E-state index is 0.197. The zero-order valence-corrected chi connectivity index (χ0v) is 11.9. The second-order valence-corrected chi connectivity index (χ2v) is 6.56. The van der Waals surface area contributed by atoms with Crippen LogP contribution in [-0.4, -0.2) is 5.91 Å². The Morgan fingerprint density at radius 3 is 2.47 bits per heavy atom. The number of nitrogens with one attached hydrogen (secondary N) is 1. The van der Waals surface area contributed by atoms with E-state index in [1.54, 1.807) is 0 Å². The fourth-order valence-corrected chi connectivity index (χ4v) is 4.12. The molecule has 1 N–H and O–H groups in total. The summed E-state index contributed by atoms with van der Waals surface area (Å²) < 4.78 is 0. The van der Waals surface area contributed by atoms with Crippen molar-refractivity contribution in [1.82, 2.24) is 0 Å². The normalized spacial score (nSPS) is 28.6. The molecule has 0 spiro atoms. The number of rotatable bonds is 3. The van der Waals surface area contributed by atoms with Gasteiger partial charge in [0.25, 0.3) is 0 Å². The van der Waals surface area contributed by atoms with Crippen LogP contribution in [-0.2, 0) is 4.79 Å². The molecule has 2 aliphatic carbocycles. The highest BCUT2D eigenvalue weighted by molar-refractivity contribution is 5.91. The maximum absolute atomic E-state index is 12.2. The van der Waals surface area contributed by atoms with Crippen molar-refractivity contribution < 1.29 is 4.79 Å². The van der Waals surface area contributed by atoms with E-state index in [4.69, 9.17) is 0 Å². The fourth-order valence-electron chi connectivity index (χ4n) is 4.12. The van der Waals surface area contributed by atoms with Crippen LogP contribution in [0.2, 0.25) is 0 Å². The molecule has 2 fully saturated rings. The van der Waals surface area contributed by atoms with E-state index in [1.807, 2.05) is 12.1 Å². The molecule has 2 nitrogen and oxygen atoms in total. The van der Waals surface area contributed by atoms with E-state index in [-0.39, 0.29) is 5.91 Å². The van der Waals surface area contributed by atoms with E-state index in [9.17, 15) is 4.79 Å². The van der Waals surface area contributed by atoms with E-state index in [0.717, 1.165) is 17.5 Å². The first-order valence-electron chi connectivity index (χ1n) is 7.48. The average molecular weight is 257 g/mol.